The molecule has 0 spiro atoms. The third-order valence-electron chi connectivity index (χ3n) is 2.94. The molecule has 0 radical (unpaired) electrons. The molecular weight excluding hydrogens is 232 g/mol. The first kappa shape index (κ1) is 14.7. The molecule has 0 amide bonds. The van der Waals surface area contributed by atoms with Crippen molar-refractivity contribution in [3.8, 4) is 0 Å². The summed E-state index contributed by atoms with van der Waals surface area (Å²) in [4.78, 5) is 9.98. The highest BCUT2D eigenvalue weighted by molar-refractivity contribution is 5.17. The average molecular weight is 254 g/mol. The molecule has 0 bridgehead atoms. The molecule has 5 heteroatoms. The van der Waals surface area contributed by atoms with Crippen LogP contribution in [0.1, 0.15) is 51.7 Å². The Hall–Kier alpha value is -1.36. The normalized spacial score (nSPS) is 12.6. The lowest BCUT2D eigenvalue weighted by Gasteiger charge is -2.16. The molecule has 0 aromatic carbocycles. The molecule has 1 heterocycles. The number of rotatable bonds is 9. The predicted molar refractivity (Wildman–Crippen MR) is 70.4 cm³/mol. The minimum Gasteiger partial charge on any atom is -0.404 e. The van der Waals surface area contributed by atoms with Gasteiger partial charge in [0.15, 0.2) is 0 Å². The molecule has 1 N–H and O–H groups in total. The fourth-order valence-corrected chi connectivity index (χ4v) is 1.95. The van der Waals surface area contributed by atoms with Crippen LogP contribution >= 0.6 is 0 Å². The first-order valence-electron chi connectivity index (χ1n) is 6.63. The number of hydrogen-bond acceptors (Lipinski definition) is 4. The summed E-state index contributed by atoms with van der Waals surface area (Å²) in [6.07, 6.45) is 5.81. The van der Waals surface area contributed by atoms with Gasteiger partial charge in [-0.05, 0) is 18.9 Å². The lowest BCUT2D eigenvalue weighted by Crippen LogP contribution is -2.28. The SMILES string of the molecule is CCCCC(CCC)NCc1ccc([N+](=O)[O-])o1. The third-order valence-corrected chi connectivity index (χ3v) is 2.94. The van der Waals surface area contributed by atoms with Crippen molar-refractivity contribution in [2.45, 2.75) is 58.5 Å². The highest BCUT2D eigenvalue weighted by Gasteiger charge is 2.13. The molecule has 1 aromatic heterocycles. The zero-order valence-electron chi connectivity index (χ0n) is 11.1. The maximum atomic E-state index is 10.5. The largest absolute Gasteiger partial charge is 0.433 e. The van der Waals surface area contributed by atoms with Crippen molar-refractivity contribution < 1.29 is 9.34 Å². The Bertz CT molecular complexity index is 363. The Morgan fingerprint density at radius 3 is 2.67 bits per heavy atom. The first-order chi connectivity index (χ1) is 8.67. The zero-order chi connectivity index (χ0) is 13.4. The minimum absolute atomic E-state index is 0.188. The van der Waals surface area contributed by atoms with Crippen LogP contribution in [0.3, 0.4) is 0 Å². The first-order valence-corrected chi connectivity index (χ1v) is 6.63. The van der Waals surface area contributed by atoms with Crippen LogP contribution < -0.4 is 5.32 Å². The van der Waals surface area contributed by atoms with E-state index in [-0.39, 0.29) is 5.88 Å². The molecule has 102 valence electrons. The highest BCUT2D eigenvalue weighted by Crippen LogP contribution is 2.16. The van der Waals surface area contributed by atoms with Gasteiger partial charge < -0.3 is 9.73 Å². The highest BCUT2D eigenvalue weighted by atomic mass is 16.6. The molecule has 18 heavy (non-hydrogen) atoms. The van der Waals surface area contributed by atoms with E-state index < -0.39 is 4.92 Å². The number of nitrogens with one attached hydrogen (secondary N) is 1. The Kier molecular flexibility index (Phi) is 6.43. The van der Waals surface area contributed by atoms with E-state index in [0.717, 1.165) is 19.3 Å². The van der Waals surface area contributed by atoms with Crippen LogP contribution in [0.2, 0.25) is 0 Å². The summed E-state index contributed by atoms with van der Waals surface area (Å²) in [5.74, 6) is 0.437. The van der Waals surface area contributed by atoms with Crippen molar-refractivity contribution in [1.82, 2.24) is 5.32 Å². The number of unbranched alkanes of at least 4 members (excludes halogenated alkanes) is 1. The summed E-state index contributed by atoms with van der Waals surface area (Å²) in [6.45, 7) is 4.90. The fraction of sp³-hybridized carbons (Fsp3) is 0.692. The second kappa shape index (κ2) is 7.87. The number of furan rings is 1. The van der Waals surface area contributed by atoms with E-state index >= 15 is 0 Å². The van der Waals surface area contributed by atoms with Gasteiger partial charge in [0.05, 0.1) is 12.6 Å². The molecule has 0 aliphatic rings. The molecule has 1 rings (SSSR count). The van der Waals surface area contributed by atoms with Gasteiger partial charge in [-0.3, -0.25) is 10.1 Å². The van der Waals surface area contributed by atoms with Gasteiger partial charge in [0, 0.05) is 6.04 Å². The summed E-state index contributed by atoms with van der Waals surface area (Å²) in [5.41, 5.74) is 0. The molecular formula is C13H22N2O3. The molecule has 1 atom stereocenters. The van der Waals surface area contributed by atoms with Gasteiger partial charge in [-0.2, -0.15) is 0 Å². The lowest BCUT2D eigenvalue weighted by atomic mass is 10.1. The van der Waals surface area contributed by atoms with E-state index in [1.807, 2.05) is 0 Å². The van der Waals surface area contributed by atoms with Gasteiger partial charge in [0.2, 0.25) is 0 Å². The van der Waals surface area contributed by atoms with E-state index in [1.54, 1.807) is 6.07 Å². The standard InChI is InChI=1S/C13H22N2O3/c1-3-5-7-11(6-4-2)14-10-12-8-9-13(18-12)15(16)17/h8-9,11,14H,3-7,10H2,1-2H3. The van der Waals surface area contributed by atoms with Crippen molar-refractivity contribution in [3.05, 3.63) is 28.0 Å². The maximum Gasteiger partial charge on any atom is 0.433 e. The molecule has 0 aliphatic carbocycles. The van der Waals surface area contributed by atoms with Crippen LogP contribution in [0.15, 0.2) is 16.5 Å². The topological polar surface area (TPSA) is 68.3 Å². The second-order valence-corrected chi connectivity index (χ2v) is 4.51. The molecule has 0 fully saturated rings. The summed E-state index contributed by atoms with van der Waals surface area (Å²) in [6, 6.07) is 3.53. The van der Waals surface area contributed by atoms with Crippen molar-refractivity contribution in [3.63, 3.8) is 0 Å². The predicted octanol–water partition coefficient (Wildman–Crippen LogP) is 3.64. The van der Waals surface area contributed by atoms with E-state index in [2.05, 4.69) is 19.2 Å². The van der Waals surface area contributed by atoms with Gasteiger partial charge in [-0.15, -0.1) is 0 Å². The summed E-state index contributed by atoms with van der Waals surface area (Å²) in [7, 11) is 0. The Labute approximate surface area is 108 Å². The van der Waals surface area contributed by atoms with Crippen LogP contribution in [0.4, 0.5) is 5.88 Å². The molecule has 0 aliphatic heterocycles. The van der Waals surface area contributed by atoms with Crippen molar-refractivity contribution in [1.29, 1.82) is 0 Å². The van der Waals surface area contributed by atoms with Gasteiger partial charge >= 0.3 is 5.88 Å². The molecule has 0 saturated heterocycles. The van der Waals surface area contributed by atoms with E-state index in [4.69, 9.17) is 4.42 Å². The quantitative estimate of drug-likeness (QED) is 0.539. The van der Waals surface area contributed by atoms with E-state index in [9.17, 15) is 10.1 Å². The Morgan fingerprint density at radius 1 is 1.33 bits per heavy atom. The Balaban J connectivity index is 2.42. The molecule has 5 nitrogen and oxygen atoms in total. The summed E-state index contributed by atoms with van der Waals surface area (Å²) < 4.78 is 5.12. The number of nitro groups is 1. The van der Waals surface area contributed by atoms with Gasteiger partial charge in [0.25, 0.3) is 0 Å². The molecule has 1 unspecified atom stereocenters. The van der Waals surface area contributed by atoms with Crippen LogP contribution in [-0.2, 0) is 6.54 Å². The van der Waals surface area contributed by atoms with E-state index in [0.29, 0.717) is 18.3 Å². The number of hydrogen-bond donors (Lipinski definition) is 1. The summed E-state index contributed by atoms with van der Waals surface area (Å²) in [5, 5.41) is 13.9. The zero-order valence-corrected chi connectivity index (χ0v) is 11.1. The lowest BCUT2D eigenvalue weighted by molar-refractivity contribution is -0.402. The van der Waals surface area contributed by atoms with Crippen LogP contribution in [0.25, 0.3) is 0 Å². The van der Waals surface area contributed by atoms with Crippen molar-refractivity contribution in [2.24, 2.45) is 0 Å². The van der Waals surface area contributed by atoms with Crippen molar-refractivity contribution in [2.75, 3.05) is 0 Å². The van der Waals surface area contributed by atoms with E-state index in [1.165, 1.54) is 18.9 Å². The minimum atomic E-state index is -0.510. The second-order valence-electron chi connectivity index (χ2n) is 4.51. The van der Waals surface area contributed by atoms with Gasteiger partial charge in [-0.25, -0.2) is 0 Å². The number of nitrogens with zero attached hydrogens (tertiary/aromatic N) is 1. The molecule has 1 aromatic rings. The molecule has 0 saturated carbocycles. The van der Waals surface area contributed by atoms with Gasteiger partial charge in [-0.1, -0.05) is 33.1 Å². The van der Waals surface area contributed by atoms with Crippen LogP contribution in [0.5, 0.6) is 0 Å². The smallest absolute Gasteiger partial charge is 0.404 e. The van der Waals surface area contributed by atoms with Crippen LogP contribution in [-0.4, -0.2) is 11.0 Å². The van der Waals surface area contributed by atoms with Crippen molar-refractivity contribution >= 4 is 5.88 Å². The van der Waals surface area contributed by atoms with Gasteiger partial charge in [0.1, 0.15) is 10.7 Å². The van der Waals surface area contributed by atoms with Crippen LogP contribution in [0, 0.1) is 10.1 Å². The Morgan fingerprint density at radius 2 is 2.11 bits per heavy atom. The summed E-state index contributed by atoms with van der Waals surface area (Å²) >= 11 is 0. The fourth-order valence-electron chi connectivity index (χ4n) is 1.95. The third kappa shape index (κ3) is 4.87. The monoisotopic (exact) mass is 254 g/mol. The maximum absolute atomic E-state index is 10.5. The average Bonchev–Trinajstić information content (AvgIpc) is 2.81.